The number of nitrogens with one attached hydrogen (secondary N) is 2. The smallest absolute Gasteiger partial charge is 0.263 e. The SMILES string of the molecule is CC.Cc1cccc2cc(C(C)Nc3ncnc4nc[nH]c34)n(-c3ccccc3)c(=O)c12. The van der Waals surface area contributed by atoms with Gasteiger partial charge in [-0.05, 0) is 43.0 Å². The predicted molar refractivity (Wildman–Crippen MR) is 129 cm³/mol. The molecule has 0 saturated carbocycles. The molecule has 7 nitrogen and oxygen atoms in total. The van der Waals surface area contributed by atoms with Crippen molar-refractivity contribution in [3.8, 4) is 5.69 Å². The van der Waals surface area contributed by atoms with Crippen molar-refractivity contribution in [2.75, 3.05) is 5.32 Å². The first-order chi connectivity index (χ1) is 15.6. The summed E-state index contributed by atoms with van der Waals surface area (Å²) in [6.45, 7) is 7.98. The highest BCUT2D eigenvalue weighted by molar-refractivity contribution is 5.86. The van der Waals surface area contributed by atoms with Crippen LogP contribution < -0.4 is 10.9 Å². The summed E-state index contributed by atoms with van der Waals surface area (Å²) in [6, 6.07) is 17.5. The molecule has 0 spiro atoms. The average molecular weight is 427 g/mol. The molecule has 32 heavy (non-hydrogen) atoms. The third-order valence-corrected chi connectivity index (χ3v) is 5.32. The molecule has 7 heteroatoms. The number of benzene rings is 2. The van der Waals surface area contributed by atoms with Gasteiger partial charge < -0.3 is 10.3 Å². The van der Waals surface area contributed by atoms with E-state index in [1.807, 2.05) is 76.2 Å². The molecule has 2 N–H and O–H groups in total. The lowest BCUT2D eigenvalue weighted by molar-refractivity contribution is 0.774. The largest absolute Gasteiger partial charge is 0.360 e. The van der Waals surface area contributed by atoms with E-state index in [4.69, 9.17) is 0 Å². The second-order valence-corrected chi connectivity index (χ2v) is 7.27. The van der Waals surface area contributed by atoms with E-state index in [0.717, 1.165) is 33.2 Å². The minimum atomic E-state index is -0.204. The average Bonchev–Trinajstić information content (AvgIpc) is 3.31. The monoisotopic (exact) mass is 426 g/mol. The van der Waals surface area contributed by atoms with Crippen molar-refractivity contribution < 1.29 is 0 Å². The van der Waals surface area contributed by atoms with Crippen LogP contribution in [0, 0.1) is 6.92 Å². The molecule has 0 aliphatic rings. The van der Waals surface area contributed by atoms with Crippen LogP contribution in [0.25, 0.3) is 27.6 Å². The Morgan fingerprint density at radius 2 is 1.78 bits per heavy atom. The molecule has 0 amide bonds. The molecule has 3 heterocycles. The van der Waals surface area contributed by atoms with Crippen molar-refractivity contribution in [2.24, 2.45) is 0 Å². The third-order valence-electron chi connectivity index (χ3n) is 5.32. The molecular formula is C25H26N6O. The molecule has 0 aliphatic carbocycles. The molecular weight excluding hydrogens is 400 g/mol. The van der Waals surface area contributed by atoms with Crippen LogP contribution in [0.5, 0.6) is 0 Å². The molecule has 0 bridgehead atoms. The molecule has 3 aromatic heterocycles. The Bertz CT molecular complexity index is 1420. The van der Waals surface area contributed by atoms with Gasteiger partial charge in [-0.25, -0.2) is 15.0 Å². The van der Waals surface area contributed by atoms with Gasteiger partial charge in [0, 0.05) is 11.4 Å². The Morgan fingerprint density at radius 1 is 1.00 bits per heavy atom. The topological polar surface area (TPSA) is 88.5 Å². The van der Waals surface area contributed by atoms with Crippen molar-refractivity contribution in [2.45, 2.75) is 33.7 Å². The Morgan fingerprint density at radius 3 is 2.56 bits per heavy atom. The van der Waals surface area contributed by atoms with Crippen LogP contribution in [0.2, 0.25) is 0 Å². The number of para-hydroxylation sites is 1. The lowest BCUT2D eigenvalue weighted by atomic mass is 10.0. The fourth-order valence-corrected chi connectivity index (χ4v) is 3.87. The normalized spacial score (nSPS) is 11.8. The van der Waals surface area contributed by atoms with Crippen molar-refractivity contribution in [1.29, 1.82) is 0 Å². The van der Waals surface area contributed by atoms with Gasteiger partial charge >= 0.3 is 0 Å². The number of anilines is 1. The number of H-pyrrole nitrogens is 1. The van der Waals surface area contributed by atoms with Crippen LogP contribution in [-0.2, 0) is 0 Å². The van der Waals surface area contributed by atoms with Gasteiger partial charge in [-0.3, -0.25) is 9.36 Å². The van der Waals surface area contributed by atoms with Crippen molar-refractivity contribution >= 4 is 27.8 Å². The number of aromatic nitrogens is 5. The quantitative estimate of drug-likeness (QED) is 0.414. The van der Waals surface area contributed by atoms with Crippen molar-refractivity contribution in [3.05, 3.63) is 88.9 Å². The number of hydrogen-bond donors (Lipinski definition) is 2. The third kappa shape index (κ3) is 3.73. The van der Waals surface area contributed by atoms with Gasteiger partial charge in [0.05, 0.1) is 17.8 Å². The molecule has 1 atom stereocenters. The van der Waals surface area contributed by atoms with E-state index < -0.39 is 0 Å². The first-order valence-electron chi connectivity index (χ1n) is 10.7. The van der Waals surface area contributed by atoms with E-state index >= 15 is 0 Å². The van der Waals surface area contributed by atoms with Gasteiger partial charge in [0.25, 0.3) is 5.56 Å². The number of fused-ring (bicyclic) bond motifs is 2. The van der Waals surface area contributed by atoms with Gasteiger partial charge in [-0.2, -0.15) is 0 Å². The maximum absolute atomic E-state index is 13.6. The highest BCUT2D eigenvalue weighted by atomic mass is 16.1. The Kier molecular flexibility index (Phi) is 5.98. The predicted octanol–water partition coefficient (Wildman–Crippen LogP) is 5.16. The molecule has 2 aromatic carbocycles. The molecule has 0 radical (unpaired) electrons. The fraction of sp³-hybridized carbons (Fsp3) is 0.200. The maximum atomic E-state index is 13.6. The highest BCUT2D eigenvalue weighted by Crippen LogP contribution is 2.26. The molecule has 0 fully saturated rings. The molecule has 0 aliphatic heterocycles. The number of nitrogens with zero attached hydrogens (tertiary/aromatic N) is 4. The number of aryl methyl sites for hydroxylation is 1. The van der Waals surface area contributed by atoms with E-state index in [9.17, 15) is 4.79 Å². The zero-order chi connectivity index (χ0) is 22.7. The lowest BCUT2D eigenvalue weighted by Crippen LogP contribution is -2.26. The molecule has 5 aromatic rings. The van der Waals surface area contributed by atoms with Gasteiger partial charge in [0.2, 0.25) is 0 Å². The number of hydrogen-bond acceptors (Lipinski definition) is 5. The first kappa shape index (κ1) is 21.2. The highest BCUT2D eigenvalue weighted by Gasteiger charge is 2.18. The zero-order valence-corrected chi connectivity index (χ0v) is 18.6. The summed E-state index contributed by atoms with van der Waals surface area (Å²) in [5, 5.41) is 5.08. The maximum Gasteiger partial charge on any atom is 0.263 e. The zero-order valence-electron chi connectivity index (χ0n) is 18.6. The van der Waals surface area contributed by atoms with Crippen molar-refractivity contribution in [1.82, 2.24) is 24.5 Å². The Labute approximate surface area is 186 Å². The van der Waals surface area contributed by atoms with E-state index in [1.165, 1.54) is 6.33 Å². The standard InChI is InChI=1S/C23H20N6O.C2H6/c1-14-7-6-8-16-11-18(29(23(30)19(14)16)17-9-4-3-5-10-17)15(2)28-22-20-21(25-12-24-20)26-13-27-22;1-2/h3-13,15H,1-2H3,(H2,24,25,26,27,28);1-2H3. The molecule has 1 unspecified atom stereocenters. The fourth-order valence-electron chi connectivity index (χ4n) is 3.87. The number of pyridine rings is 1. The summed E-state index contributed by atoms with van der Waals surface area (Å²) >= 11 is 0. The number of aromatic amines is 1. The second-order valence-electron chi connectivity index (χ2n) is 7.27. The van der Waals surface area contributed by atoms with E-state index in [1.54, 1.807) is 10.9 Å². The van der Waals surface area contributed by atoms with Crippen LogP contribution >= 0.6 is 0 Å². The Balaban J connectivity index is 0.00000119. The van der Waals surface area contributed by atoms with Gasteiger partial charge in [0.1, 0.15) is 11.8 Å². The number of rotatable bonds is 4. The van der Waals surface area contributed by atoms with Crippen LogP contribution in [0.3, 0.4) is 0 Å². The van der Waals surface area contributed by atoms with E-state index in [2.05, 4.69) is 31.3 Å². The summed E-state index contributed by atoms with van der Waals surface area (Å²) in [5.41, 5.74) is 3.92. The lowest BCUT2D eigenvalue weighted by Gasteiger charge is -2.21. The summed E-state index contributed by atoms with van der Waals surface area (Å²) in [6.07, 6.45) is 3.07. The minimum absolute atomic E-state index is 0.0326. The van der Waals surface area contributed by atoms with Crippen LogP contribution in [0.4, 0.5) is 5.82 Å². The van der Waals surface area contributed by atoms with Crippen LogP contribution in [-0.4, -0.2) is 24.5 Å². The summed E-state index contributed by atoms with van der Waals surface area (Å²) in [5.74, 6) is 0.640. The van der Waals surface area contributed by atoms with Gasteiger partial charge in [-0.1, -0.05) is 50.2 Å². The molecule has 5 rings (SSSR count). The summed E-state index contributed by atoms with van der Waals surface area (Å²) in [4.78, 5) is 29.4. The van der Waals surface area contributed by atoms with Crippen molar-refractivity contribution in [3.63, 3.8) is 0 Å². The van der Waals surface area contributed by atoms with Gasteiger partial charge in [0.15, 0.2) is 11.5 Å². The first-order valence-corrected chi connectivity index (χ1v) is 10.7. The molecule has 162 valence electrons. The van der Waals surface area contributed by atoms with E-state index in [-0.39, 0.29) is 11.6 Å². The molecule has 0 saturated heterocycles. The van der Waals surface area contributed by atoms with Crippen LogP contribution in [0.1, 0.15) is 38.1 Å². The minimum Gasteiger partial charge on any atom is -0.360 e. The van der Waals surface area contributed by atoms with Gasteiger partial charge in [-0.15, -0.1) is 0 Å². The van der Waals surface area contributed by atoms with Crippen LogP contribution in [0.15, 0.2) is 72.0 Å². The number of imidazole rings is 1. The summed E-state index contributed by atoms with van der Waals surface area (Å²) in [7, 11) is 0. The second kappa shape index (κ2) is 9.01. The van der Waals surface area contributed by atoms with E-state index in [0.29, 0.717) is 11.5 Å². The summed E-state index contributed by atoms with van der Waals surface area (Å²) < 4.78 is 1.78. The Hall–Kier alpha value is -4.00.